The molecule has 0 bridgehead atoms. The summed E-state index contributed by atoms with van der Waals surface area (Å²) >= 11 is 0. The third-order valence-electron chi connectivity index (χ3n) is 2.36. The van der Waals surface area contributed by atoms with Crippen LogP contribution in [-0.4, -0.2) is 13.5 Å². The molecule has 1 N–H and O–H groups in total. The summed E-state index contributed by atoms with van der Waals surface area (Å²) in [6.45, 7) is 0.336. The molecule has 1 aromatic carbocycles. The van der Waals surface area contributed by atoms with Gasteiger partial charge in [-0.05, 0) is 17.7 Å². The van der Waals surface area contributed by atoms with Gasteiger partial charge in [-0.25, -0.2) is 4.79 Å². The molecule has 0 aliphatic rings. The van der Waals surface area contributed by atoms with Crippen LogP contribution in [0.15, 0.2) is 33.5 Å². The standard InChI is InChI=1S/C12H11NO4/c1-16-6-8-4-12(15)17-11-5-9(13-7-14)2-3-10(8)11/h2-5,7H,6H2,1H3,(H,13,14). The summed E-state index contributed by atoms with van der Waals surface area (Å²) in [7, 11) is 1.56. The van der Waals surface area contributed by atoms with Crippen LogP contribution in [0.2, 0.25) is 0 Å². The van der Waals surface area contributed by atoms with Crippen LogP contribution in [-0.2, 0) is 16.1 Å². The Morgan fingerprint density at radius 3 is 2.94 bits per heavy atom. The van der Waals surface area contributed by atoms with Crippen molar-refractivity contribution in [2.75, 3.05) is 12.4 Å². The van der Waals surface area contributed by atoms with Crippen molar-refractivity contribution < 1.29 is 13.9 Å². The number of hydrogen-bond donors (Lipinski definition) is 1. The lowest BCUT2D eigenvalue weighted by Crippen LogP contribution is -2.02. The van der Waals surface area contributed by atoms with Gasteiger partial charge in [-0.15, -0.1) is 0 Å². The van der Waals surface area contributed by atoms with Crippen LogP contribution >= 0.6 is 0 Å². The highest BCUT2D eigenvalue weighted by Crippen LogP contribution is 2.21. The maximum Gasteiger partial charge on any atom is 0.336 e. The summed E-state index contributed by atoms with van der Waals surface area (Å²) < 4.78 is 10.1. The third-order valence-corrected chi connectivity index (χ3v) is 2.36. The van der Waals surface area contributed by atoms with E-state index < -0.39 is 5.63 Å². The molecule has 0 radical (unpaired) electrons. The van der Waals surface area contributed by atoms with E-state index in [2.05, 4.69) is 5.32 Å². The quantitative estimate of drug-likeness (QED) is 0.642. The molecule has 2 rings (SSSR count). The van der Waals surface area contributed by atoms with Gasteiger partial charge in [0.05, 0.1) is 6.61 Å². The Bertz CT molecular complexity index is 603. The Hall–Kier alpha value is -2.14. The van der Waals surface area contributed by atoms with E-state index in [1.807, 2.05) is 0 Å². The van der Waals surface area contributed by atoms with Crippen LogP contribution in [0.5, 0.6) is 0 Å². The number of amides is 1. The second-order valence-electron chi connectivity index (χ2n) is 3.50. The minimum atomic E-state index is -0.437. The number of ether oxygens (including phenoxy) is 1. The molecule has 0 saturated carbocycles. The maximum absolute atomic E-state index is 11.3. The number of carbonyl (C=O) groups is 1. The number of methoxy groups -OCH3 is 1. The zero-order valence-electron chi connectivity index (χ0n) is 9.23. The molecule has 0 fully saturated rings. The predicted octanol–water partition coefficient (Wildman–Crippen LogP) is 1.51. The zero-order chi connectivity index (χ0) is 12.3. The molecule has 1 heterocycles. The average molecular weight is 233 g/mol. The topological polar surface area (TPSA) is 68.5 Å². The van der Waals surface area contributed by atoms with Crippen LogP contribution in [0.4, 0.5) is 5.69 Å². The van der Waals surface area contributed by atoms with Crippen LogP contribution in [0, 0.1) is 0 Å². The Morgan fingerprint density at radius 2 is 2.24 bits per heavy atom. The number of fused-ring (bicyclic) bond motifs is 1. The second-order valence-corrected chi connectivity index (χ2v) is 3.50. The van der Waals surface area contributed by atoms with Crippen molar-refractivity contribution in [2.45, 2.75) is 6.61 Å². The molecule has 17 heavy (non-hydrogen) atoms. The minimum Gasteiger partial charge on any atom is -0.423 e. The zero-order valence-corrected chi connectivity index (χ0v) is 9.23. The average Bonchev–Trinajstić information content (AvgIpc) is 2.29. The lowest BCUT2D eigenvalue weighted by molar-refractivity contribution is -0.105. The first kappa shape index (κ1) is 11.3. The SMILES string of the molecule is COCc1cc(=O)oc2cc(NC=O)ccc12. The lowest BCUT2D eigenvalue weighted by atomic mass is 10.1. The van der Waals surface area contributed by atoms with Crippen molar-refractivity contribution in [3.63, 3.8) is 0 Å². The van der Waals surface area contributed by atoms with E-state index in [1.54, 1.807) is 25.3 Å². The van der Waals surface area contributed by atoms with Crippen LogP contribution in [0.3, 0.4) is 0 Å². The summed E-state index contributed by atoms with van der Waals surface area (Å²) in [4.78, 5) is 21.7. The number of rotatable bonds is 4. The second kappa shape index (κ2) is 4.80. The molecule has 1 aromatic heterocycles. The van der Waals surface area contributed by atoms with E-state index in [9.17, 15) is 9.59 Å². The largest absolute Gasteiger partial charge is 0.423 e. The van der Waals surface area contributed by atoms with Gasteiger partial charge in [0.1, 0.15) is 5.58 Å². The Morgan fingerprint density at radius 1 is 1.41 bits per heavy atom. The fourth-order valence-corrected chi connectivity index (χ4v) is 1.66. The molecular weight excluding hydrogens is 222 g/mol. The van der Waals surface area contributed by atoms with E-state index in [0.717, 1.165) is 10.9 Å². The molecule has 0 saturated heterocycles. The van der Waals surface area contributed by atoms with Gasteiger partial charge in [0, 0.05) is 30.3 Å². The van der Waals surface area contributed by atoms with Crippen molar-refractivity contribution in [3.05, 3.63) is 40.2 Å². The van der Waals surface area contributed by atoms with Gasteiger partial charge in [-0.3, -0.25) is 4.79 Å². The van der Waals surface area contributed by atoms with Gasteiger partial charge in [-0.1, -0.05) is 0 Å². The number of anilines is 1. The van der Waals surface area contributed by atoms with E-state index in [0.29, 0.717) is 24.3 Å². The van der Waals surface area contributed by atoms with E-state index in [-0.39, 0.29) is 0 Å². The highest BCUT2D eigenvalue weighted by molar-refractivity contribution is 5.85. The van der Waals surface area contributed by atoms with Gasteiger partial charge in [0.15, 0.2) is 0 Å². The summed E-state index contributed by atoms with van der Waals surface area (Å²) in [6.07, 6.45) is 0.568. The van der Waals surface area contributed by atoms with E-state index in [1.165, 1.54) is 6.07 Å². The highest BCUT2D eigenvalue weighted by Gasteiger charge is 2.06. The molecule has 5 heteroatoms. The maximum atomic E-state index is 11.3. The van der Waals surface area contributed by atoms with Crippen LogP contribution < -0.4 is 10.9 Å². The molecule has 0 unspecified atom stereocenters. The Kier molecular flexibility index (Phi) is 3.20. The minimum absolute atomic E-state index is 0.336. The van der Waals surface area contributed by atoms with Crippen LogP contribution in [0.1, 0.15) is 5.56 Å². The number of nitrogens with one attached hydrogen (secondary N) is 1. The number of carbonyl (C=O) groups excluding carboxylic acids is 1. The normalized spacial score (nSPS) is 10.4. The molecule has 1 amide bonds. The van der Waals surface area contributed by atoms with Gasteiger partial charge >= 0.3 is 5.63 Å². The lowest BCUT2D eigenvalue weighted by Gasteiger charge is -2.05. The first-order chi connectivity index (χ1) is 8.24. The molecule has 0 aliphatic heterocycles. The first-order valence-electron chi connectivity index (χ1n) is 5.00. The summed E-state index contributed by atoms with van der Waals surface area (Å²) in [5, 5.41) is 3.29. The molecular formula is C12H11NO4. The first-order valence-corrected chi connectivity index (χ1v) is 5.00. The number of hydrogen-bond acceptors (Lipinski definition) is 4. The summed E-state index contributed by atoms with van der Waals surface area (Å²) in [5.74, 6) is 0. The molecule has 0 spiro atoms. The monoisotopic (exact) mass is 233 g/mol. The third kappa shape index (κ3) is 2.34. The predicted molar refractivity (Wildman–Crippen MR) is 62.9 cm³/mol. The van der Waals surface area contributed by atoms with Crippen molar-refractivity contribution in [3.8, 4) is 0 Å². The van der Waals surface area contributed by atoms with Crippen molar-refractivity contribution >= 4 is 23.1 Å². The van der Waals surface area contributed by atoms with Crippen molar-refractivity contribution in [2.24, 2.45) is 0 Å². The molecule has 88 valence electrons. The fraction of sp³-hybridized carbons (Fsp3) is 0.167. The number of benzene rings is 1. The smallest absolute Gasteiger partial charge is 0.336 e. The van der Waals surface area contributed by atoms with Gasteiger partial charge in [-0.2, -0.15) is 0 Å². The van der Waals surface area contributed by atoms with Gasteiger partial charge in [0.25, 0.3) is 0 Å². The van der Waals surface area contributed by atoms with Gasteiger partial charge in [0.2, 0.25) is 6.41 Å². The molecule has 2 aromatic rings. The molecule has 0 atom stereocenters. The molecule has 0 aliphatic carbocycles. The van der Waals surface area contributed by atoms with E-state index >= 15 is 0 Å². The van der Waals surface area contributed by atoms with Crippen molar-refractivity contribution in [1.29, 1.82) is 0 Å². The van der Waals surface area contributed by atoms with Crippen molar-refractivity contribution in [1.82, 2.24) is 0 Å². The fourth-order valence-electron chi connectivity index (χ4n) is 1.66. The Balaban J connectivity index is 2.61. The highest BCUT2D eigenvalue weighted by atomic mass is 16.5. The Labute approximate surface area is 97.0 Å². The summed E-state index contributed by atoms with van der Waals surface area (Å²) in [6, 6.07) is 6.51. The van der Waals surface area contributed by atoms with E-state index in [4.69, 9.17) is 9.15 Å². The molecule has 5 nitrogen and oxygen atoms in total. The van der Waals surface area contributed by atoms with Crippen LogP contribution in [0.25, 0.3) is 11.0 Å². The summed E-state index contributed by atoms with van der Waals surface area (Å²) in [5.41, 5.74) is 1.32. The van der Waals surface area contributed by atoms with Gasteiger partial charge < -0.3 is 14.5 Å².